The largest absolute Gasteiger partial charge is 0.480 e. The fourth-order valence-corrected chi connectivity index (χ4v) is 2.53. The van der Waals surface area contributed by atoms with Crippen LogP contribution >= 0.6 is 11.8 Å². The van der Waals surface area contributed by atoms with Gasteiger partial charge in [-0.2, -0.15) is 5.26 Å². The number of carbonyl (C=O) groups is 1. The Morgan fingerprint density at radius 1 is 1.58 bits per heavy atom. The van der Waals surface area contributed by atoms with Gasteiger partial charge in [0.2, 0.25) is 0 Å². The Morgan fingerprint density at radius 3 is 2.58 bits per heavy atom. The van der Waals surface area contributed by atoms with Crippen molar-refractivity contribution in [2.75, 3.05) is 0 Å². The highest BCUT2D eigenvalue weighted by Gasteiger charge is 2.24. The summed E-state index contributed by atoms with van der Waals surface area (Å²) in [5.41, 5.74) is 0. The summed E-state index contributed by atoms with van der Waals surface area (Å²) in [7, 11) is 0. The van der Waals surface area contributed by atoms with Gasteiger partial charge in [0.15, 0.2) is 5.25 Å². The molecule has 12 heavy (non-hydrogen) atoms. The lowest BCUT2D eigenvalue weighted by Gasteiger charge is -2.09. The first-order valence-electron chi connectivity index (χ1n) is 4.02. The Bertz CT molecular complexity index is 206. The summed E-state index contributed by atoms with van der Waals surface area (Å²) in [6, 6.07) is 1.79. The summed E-state index contributed by atoms with van der Waals surface area (Å²) < 4.78 is 0. The smallest absolute Gasteiger partial charge is 0.331 e. The lowest BCUT2D eigenvalue weighted by atomic mass is 10.4. The van der Waals surface area contributed by atoms with E-state index < -0.39 is 11.2 Å². The fourth-order valence-electron chi connectivity index (χ4n) is 1.36. The van der Waals surface area contributed by atoms with Gasteiger partial charge in [0.25, 0.3) is 0 Å². The average Bonchev–Trinajstić information content (AvgIpc) is 2.51. The van der Waals surface area contributed by atoms with Gasteiger partial charge < -0.3 is 5.11 Å². The molecule has 0 aliphatic heterocycles. The van der Waals surface area contributed by atoms with Crippen LogP contribution in [-0.4, -0.2) is 21.6 Å². The van der Waals surface area contributed by atoms with Crippen LogP contribution in [0.1, 0.15) is 25.7 Å². The zero-order chi connectivity index (χ0) is 8.97. The average molecular weight is 185 g/mol. The lowest BCUT2D eigenvalue weighted by Crippen LogP contribution is -2.17. The van der Waals surface area contributed by atoms with E-state index in [1.54, 1.807) is 6.07 Å². The van der Waals surface area contributed by atoms with E-state index in [1.165, 1.54) is 24.6 Å². The van der Waals surface area contributed by atoms with Gasteiger partial charge in [0.05, 0.1) is 6.07 Å². The summed E-state index contributed by atoms with van der Waals surface area (Å²) in [6.07, 6.45) is 4.48. The van der Waals surface area contributed by atoms with Crippen molar-refractivity contribution >= 4 is 17.7 Å². The molecule has 1 aliphatic rings. The van der Waals surface area contributed by atoms with E-state index in [-0.39, 0.29) is 0 Å². The predicted octanol–water partition coefficient (Wildman–Crippen LogP) is 1.64. The molecule has 0 aromatic heterocycles. The first-order valence-corrected chi connectivity index (χ1v) is 4.96. The van der Waals surface area contributed by atoms with E-state index in [9.17, 15) is 4.79 Å². The minimum Gasteiger partial charge on any atom is -0.480 e. The van der Waals surface area contributed by atoms with Crippen molar-refractivity contribution in [3.05, 3.63) is 0 Å². The van der Waals surface area contributed by atoms with Crippen LogP contribution in [0.15, 0.2) is 0 Å². The molecule has 1 saturated carbocycles. The zero-order valence-corrected chi connectivity index (χ0v) is 7.51. The molecule has 0 aromatic carbocycles. The van der Waals surface area contributed by atoms with Gasteiger partial charge in [0.1, 0.15) is 0 Å². The Balaban J connectivity index is 2.37. The van der Waals surface area contributed by atoms with Gasteiger partial charge >= 0.3 is 5.97 Å². The lowest BCUT2D eigenvalue weighted by molar-refractivity contribution is -0.135. The van der Waals surface area contributed by atoms with E-state index in [4.69, 9.17) is 10.4 Å². The maximum atomic E-state index is 10.5. The van der Waals surface area contributed by atoms with Crippen molar-refractivity contribution in [2.24, 2.45) is 0 Å². The highest BCUT2D eigenvalue weighted by atomic mass is 32.2. The van der Waals surface area contributed by atoms with Crippen LogP contribution in [-0.2, 0) is 4.79 Å². The maximum absolute atomic E-state index is 10.5. The highest BCUT2D eigenvalue weighted by molar-refractivity contribution is 8.01. The Labute approximate surface area is 75.8 Å². The summed E-state index contributed by atoms with van der Waals surface area (Å²) in [4.78, 5) is 10.5. The number of carboxylic acid groups (broad SMARTS) is 1. The van der Waals surface area contributed by atoms with Gasteiger partial charge in [-0.15, -0.1) is 11.8 Å². The van der Waals surface area contributed by atoms with Crippen molar-refractivity contribution < 1.29 is 9.90 Å². The van der Waals surface area contributed by atoms with Gasteiger partial charge in [-0.05, 0) is 12.8 Å². The second-order valence-electron chi connectivity index (χ2n) is 2.89. The molecule has 0 saturated heterocycles. The predicted molar refractivity (Wildman–Crippen MR) is 46.9 cm³/mol. The number of hydrogen-bond donors (Lipinski definition) is 1. The van der Waals surface area contributed by atoms with Crippen LogP contribution in [0, 0.1) is 11.3 Å². The van der Waals surface area contributed by atoms with E-state index in [2.05, 4.69) is 0 Å². The summed E-state index contributed by atoms with van der Waals surface area (Å²) >= 11 is 1.30. The number of thioether (sulfide) groups is 1. The number of carboxylic acids is 1. The first-order chi connectivity index (χ1) is 5.74. The molecule has 1 rings (SSSR count). The third kappa shape index (κ3) is 2.42. The molecule has 66 valence electrons. The summed E-state index contributed by atoms with van der Waals surface area (Å²) in [6.45, 7) is 0. The number of aliphatic carboxylic acids is 1. The highest BCUT2D eigenvalue weighted by Crippen LogP contribution is 2.31. The Hall–Kier alpha value is -0.690. The van der Waals surface area contributed by atoms with Gasteiger partial charge in [-0.1, -0.05) is 12.8 Å². The number of rotatable bonds is 3. The quantitative estimate of drug-likeness (QED) is 0.726. The topological polar surface area (TPSA) is 61.1 Å². The fraction of sp³-hybridized carbons (Fsp3) is 0.750. The van der Waals surface area contributed by atoms with Gasteiger partial charge in [0, 0.05) is 5.25 Å². The van der Waals surface area contributed by atoms with Gasteiger partial charge in [-0.3, -0.25) is 0 Å². The molecule has 0 amide bonds. The standard InChI is InChI=1S/C8H11NO2S/c9-5-7(8(10)11)12-6-3-1-2-4-6/h6-7H,1-4H2,(H,10,11). The molecule has 4 heteroatoms. The van der Waals surface area contributed by atoms with Crippen LogP contribution in [0.25, 0.3) is 0 Å². The van der Waals surface area contributed by atoms with Crippen molar-refractivity contribution in [3.8, 4) is 6.07 Å². The van der Waals surface area contributed by atoms with E-state index in [1.807, 2.05) is 0 Å². The molecule has 1 N–H and O–H groups in total. The molecule has 1 unspecified atom stereocenters. The normalized spacial score (nSPS) is 20.2. The van der Waals surface area contributed by atoms with E-state index in [0.717, 1.165) is 12.8 Å². The van der Waals surface area contributed by atoms with Crippen molar-refractivity contribution in [2.45, 2.75) is 36.2 Å². The summed E-state index contributed by atoms with van der Waals surface area (Å²) in [5.74, 6) is -1.01. The Morgan fingerprint density at radius 2 is 2.17 bits per heavy atom. The zero-order valence-electron chi connectivity index (χ0n) is 6.69. The second kappa shape index (κ2) is 4.36. The second-order valence-corrected chi connectivity index (χ2v) is 4.30. The van der Waals surface area contributed by atoms with Crippen LogP contribution in [0.2, 0.25) is 0 Å². The van der Waals surface area contributed by atoms with Crippen molar-refractivity contribution in [1.82, 2.24) is 0 Å². The van der Waals surface area contributed by atoms with Crippen LogP contribution in [0.3, 0.4) is 0 Å². The molecule has 0 heterocycles. The monoisotopic (exact) mass is 185 g/mol. The first kappa shape index (κ1) is 9.40. The van der Waals surface area contributed by atoms with Crippen LogP contribution in [0.5, 0.6) is 0 Å². The van der Waals surface area contributed by atoms with Crippen molar-refractivity contribution in [3.63, 3.8) is 0 Å². The molecule has 3 nitrogen and oxygen atoms in total. The molecule has 0 bridgehead atoms. The third-order valence-electron chi connectivity index (χ3n) is 1.97. The number of hydrogen-bond acceptors (Lipinski definition) is 3. The number of nitriles is 1. The molecular weight excluding hydrogens is 174 g/mol. The molecule has 1 aliphatic carbocycles. The Kier molecular flexibility index (Phi) is 3.42. The summed E-state index contributed by atoms with van der Waals surface area (Å²) in [5, 5.41) is 16.6. The van der Waals surface area contributed by atoms with Gasteiger partial charge in [-0.25, -0.2) is 4.79 Å². The molecule has 0 spiro atoms. The van der Waals surface area contributed by atoms with E-state index >= 15 is 0 Å². The third-order valence-corrected chi connectivity index (χ3v) is 3.41. The molecular formula is C8H11NO2S. The molecule has 1 fully saturated rings. The van der Waals surface area contributed by atoms with E-state index in [0.29, 0.717) is 5.25 Å². The minimum atomic E-state index is -1.01. The molecule has 0 radical (unpaired) electrons. The SMILES string of the molecule is N#CC(SC1CCCC1)C(=O)O. The number of nitrogens with zero attached hydrogens (tertiary/aromatic N) is 1. The molecule has 1 atom stereocenters. The van der Waals surface area contributed by atoms with Crippen molar-refractivity contribution in [1.29, 1.82) is 5.26 Å². The maximum Gasteiger partial charge on any atom is 0.331 e. The van der Waals surface area contributed by atoms with Crippen LogP contribution in [0.4, 0.5) is 0 Å². The molecule has 0 aromatic rings. The minimum absolute atomic E-state index is 0.394. The van der Waals surface area contributed by atoms with Crippen LogP contribution < -0.4 is 0 Å².